The Bertz CT molecular complexity index is 3670. The van der Waals surface area contributed by atoms with Gasteiger partial charge in [0.05, 0.1) is 68.3 Å². The SMILES string of the molecule is N#Cc1ccc(-c2ccc(-c3nc(-c4ccccc4)nc(-c4ccccc4)n3)cc2-n2c3ccccc3c3cc(C#N)ccc32)c(-n2c3ccccc3c3cc(C#N)ccc32)c1. The molecule has 8 nitrogen and oxygen atoms in total. The van der Waals surface area contributed by atoms with E-state index in [1.165, 1.54) is 0 Å². The van der Waals surface area contributed by atoms with Gasteiger partial charge in [-0.1, -0.05) is 115 Å². The first-order valence-corrected chi connectivity index (χ1v) is 20.0. The summed E-state index contributed by atoms with van der Waals surface area (Å²) in [4.78, 5) is 15.2. The minimum atomic E-state index is 0.508. The number of nitriles is 3. The number of hydrogen-bond donors (Lipinski definition) is 0. The summed E-state index contributed by atoms with van der Waals surface area (Å²) in [5.41, 5.74) is 11.3. The van der Waals surface area contributed by atoms with Crippen LogP contribution in [0.3, 0.4) is 0 Å². The summed E-state index contributed by atoms with van der Waals surface area (Å²) in [5.74, 6) is 1.62. The third-order valence-corrected chi connectivity index (χ3v) is 11.5. The molecule has 0 aliphatic carbocycles. The van der Waals surface area contributed by atoms with Crippen molar-refractivity contribution in [1.82, 2.24) is 24.1 Å². The van der Waals surface area contributed by atoms with Crippen molar-refractivity contribution in [2.24, 2.45) is 0 Å². The molecule has 0 amide bonds. The van der Waals surface area contributed by atoms with Crippen LogP contribution in [-0.2, 0) is 0 Å². The van der Waals surface area contributed by atoms with E-state index in [1.54, 1.807) is 0 Å². The lowest BCUT2D eigenvalue weighted by molar-refractivity contribution is 1.07. The van der Waals surface area contributed by atoms with E-state index in [0.29, 0.717) is 34.2 Å². The van der Waals surface area contributed by atoms with Crippen LogP contribution in [0.15, 0.2) is 182 Å². The molecule has 0 fully saturated rings. The number of nitrogens with zero attached hydrogens (tertiary/aromatic N) is 8. The molecule has 62 heavy (non-hydrogen) atoms. The van der Waals surface area contributed by atoms with Crippen LogP contribution in [-0.4, -0.2) is 24.1 Å². The average Bonchev–Trinajstić information content (AvgIpc) is 3.86. The predicted molar refractivity (Wildman–Crippen MR) is 244 cm³/mol. The maximum Gasteiger partial charge on any atom is 0.164 e. The first kappa shape index (κ1) is 36.0. The molecule has 11 aromatic rings. The highest BCUT2D eigenvalue weighted by Crippen LogP contribution is 2.42. The van der Waals surface area contributed by atoms with Gasteiger partial charge in [0, 0.05) is 49.4 Å². The molecule has 0 aliphatic rings. The minimum absolute atomic E-state index is 0.508. The summed E-state index contributed by atoms with van der Waals surface area (Å²) in [7, 11) is 0. The number of fused-ring (bicyclic) bond motifs is 6. The topological polar surface area (TPSA) is 120 Å². The maximum absolute atomic E-state index is 10.3. The van der Waals surface area contributed by atoms with Gasteiger partial charge in [-0.3, -0.25) is 0 Å². The molecule has 3 heterocycles. The summed E-state index contributed by atoms with van der Waals surface area (Å²) in [6, 6.07) is 66.9. The molecule has 8 aromatic carbocycles. The van der Waals surface area contributed by atoms with Crippen molar-refractivity contribution >= 4 is 43.6 Å². The first-order chi connectivity index (χ1) is 30.6. The molecule has 0 bridgehead atoms. The fourth-order valence-electron chi connectivity index (χ4n) is 8.64. The average molecular weight is 791 g/mol. The smallest absolute Gasteiger partial charge is 0.164 e. The molecule has 3 aromatic heterocycles. The second-order valence-corrected chi connectivity index (χ2v) is 15.0. The van der Waals surface area contributed by atoms with Gasteiger partial charge in [0.2, 0.25) is 0 Å². The summed E-state index contributed by atoms with van der Waals surface area (Å²) in [6.45, 7) is 0. The lowest BCUT2D eigenvalue weighted by Crippen LogP contribution is -2.04. The molecule has 0 spiro atoms. The Morgan fingerprint density at radius 3 is 1.21 bits per heavy atom. The fourth-order valence-corrected chi connectivity index (χ4v) is 8.64. The highest BCUT2D eigenvalue weighted by Gasteiger charge is 2.23. The van der Waals surface area contributed by atoms with Gasteiger partial charge in [-0.15, -0.1) is 0 Å². The standard InChI is InChI=1S/C54H30N8/c55-31-34-20-25-48-44(27-34)40-15-7-9-17-46(40)61(48)50-29-36(33-57)19-23-42(50)43-24-22-39(30-51(43)62-47-18-10-8-16-41(47)45-28-35(32-56)21-26-49(45)62)54-59-52(37-11-3-1-4-12-37)58-53(60-54)38-13-5-2-6-14-38/h1-30H. The van der Waals surface area contributed by atoms with Gasteiger partial charge in [0.1, 0.15) is 0 Å². The van der Waals surface area contributed by atoms with Gasteiger partial charge in [-0.25, -0.2) is 15.0 Å². The monoisotopic (exact) mass is 790 g/mol. The van der Waals surface area contributed by atoms with Crippen molar-refractivity contribution in [3.8, 4) is 74.9 Å². The van der Waals surface area contributed by atoms with Gasteiger partial charge in [-0.2, -0.15) is 15.8 Å². The van der Waals surface area contributed by atoms with E-state index >= 15 is 0 Å². The van der Waals surface area contributed by atoms with Gasteiger partial charge in [0.15, 0.2) is 17.5 Å². The van der Waals surface area contributed by atoms with Crippen LogP contribution in [0.4, 0.5) is 0 Å². The van der Waals surface area contributed by atoms with Crippen LogP contribution in [0, 0.1) is 34.0 Å². The molecule has 8 heteroatoms. The van der Waals surface area contributed by atoms with Crippen LogP contribution in [0.2, 0.25) is 0 Å². The maximum atomic E-state index is 10.3. The zero-order valence-electron chi connectivity index (χ0n) is 32.9. The Hall–Kier alpha value is -9.16. The Balaban J connectivity index is 1.24. The largest absolute Gasteiger partial charge is 0.309 e. The Morgan fingerprint density at radius 1 is 0.323 bits per heavy atom. The van der Waals surface area contributed by atoms with Gasteiger partial charge < -0.3 is 9.13 Å². The summed E-state index contributed by atoms with van der Waals surface area (Å²) in [6.07, 6.45) is 0. The lowest BCUT2D eigenvalue weighted by atomic mass is 9.97. The van der Waals surface area contributed by atoms with E-state index in [4.69, 9.17) is 15.0 Å². The zero-order valence-corrected chi connectivity index (χ0v) is 32.9. The third-order valence-electron chi connectivity index (χ3n) is 11.5. The van der Waals surface area contributed by atoms with Crippen molar-refractivity contribution < 1.29 is 0 Å². The molecule has 0 aliphatic heterocycles. The molecule has 0 N–H and O–H groups in total. The van der Waals surface area contributed by atoms with E-state index in [-0.39, 0.29) is 0 Å². The Labute approximate surface area is 355 Å². The van der Waals surface area contributed by atoms with Gasteiger partial charge in [0.25, 0.3) is 0 Å². The number of hydrogen-bond acceptors (Lipinski definition) is 6. The lowest BCUT2D eigenvalue weighted by Gasteiger charge is -2.20. The Kier molecular flexibility index (Phi) is 8.46. The highest BCUT2D eigenvalue weighted by atomic mass is 15.0. The van der Waals surface area contributed by atoms with Crippen molar-refractivity contribution in [1.29, 1.82) is 15.8 Å². The van der Waals surface area contributed by atoms with E-state index in [2.05, 4.69) is 63.7 Å². The second-order valence-electron chi connectivity index (χ2n) is 15.0. The van der Waals surface area contributed by atoms with Crippen molar-refractivity contribution in [3.63, 3.8) is 0 Å². The van der Waals surface area contributed by atoms with Gasteiger partial charge >= 0.3 is 0 Å². The molecule has 0 unspecified atom stereocenters. The fraction of sp³-hybridized carbons (Fsp3) is 0. The number of benzene rings is 8. The number of para-hydroxylation sites is 2. The number of rotatable bonds is 6. The van der Waals surface area contributed by atoms with Crippen molar-refractivity contribution in [2.75, 3.05) is 0 Å². The molecular weight excluding hydrogens is 761 g/mol. The van der Waals surface area contributed by atoms with Crippen LogP contribution in [0.25, 0.3) is 100 Å². The minimum Gasteiger partial charge on any atom is -0.309 e. The van der Waals surface area contributed by atoms with E-state index in [0.717, 1.165) is 82.8 Å². The molecule has 0 saturated heterocycles. The zero-order chi connectivity index (χ0) is 41.7. The summed E-state index contributed by atoms with van der Waals surface area (Å²) in [5, 5.41) is 34.1. The summed E-state index contributed by atoms with van der Waals surface area (Å²) < 4.78 is 4.43. The molecule has 0 saturated carbocycles. The van der Waals surface area contributed by atoms with E-state index in [9.17, 15) is 15.8 Å². The van der Waals surface area contributed by atoms with Crippen LogP contribution in [0.5, 0.6) is 0 Å². The Morgan fingerprint density at radius 2 is 0.710 bits per heavy atom. The van der Waals surface area contributed by atoms with Crippen molar-refractivity contribution in [3.05, 3.63) is 199 Å². The third kappa shape index (κ3) is 5.86. The molecular formula is C54H30N8. The molecule has 0 atom stereocenters. The number of aromatic nitrogens is 5. The van der Waals surface area contributed by atoms with Crippen molar-refractivity contribution in [2.45, 2.75) is 0 Å². The highest BCUT2D eigenvalue weighted by molar-refractivity contribution is 6.12. The predicted octanol–water partition coefficient (Wildman–Crippen LogP) is 12.3. The normalized spacial score (nSPS) is 11.2. The van der Waals surface area contributed by atoms with Gasteiger partial charge in [-0.05, 0) is 66.7 Å². The van der Waals surface area contributed by atoms with Crippen LogP contribution in [0.1, 0.15) is 16.7 Å². The first-order valence-electron chi connectivity index (χ1n) is 20.0. The van der Waals surface area contributed by atoms with E-state index in [1.807, 2.05) is 146 Å². The van der Waals surface area contributed by atoms with E-state index < -0.39 is 0 Å². The molecule has 0 radical (unpaired) electrons. The molecule has 286 valence electrons. The quantitative estimate of drug-likeness (QED) is 0.165. The van der Waals surface area contributed by atoms with Crippen LogP contribution >= 0.6 is 0 Å². The summed E-state index contributed by atoms with van der Waals surface area (Å²) >= 11 is 0. The molecule has 11 rings (SSSR count). The van der Waals surface area contributed by atoms with Crippen LogP contribution < -0.4 is 0 Å². The second kappa shape index (κ2) is 14.6.